The maximum atomic E-state index is 12.4. The van der Waals surface area contributed by atoms with Crippen LogP contribution in [0.15, 0.2) is 12.3 Å². The lowest BCUT2D eigenvalue weighted by Crippen LogP contribution is -2.35. The van der Waals surface area contributed by atoms with Crippen molar-refractivity contribution in [3.05, 3.63) is 12.3 Å². The molecule has 1 amide bonds. The first-order valence-electron chi connectivity index (χ1n) is 9.24. The van der Waals surface area contributed by atoms with E-state index >= 15 is 0 Å². The van der Waals surface area contributed by atoms with Crippen LogP contribution < -0.4 is 0 Å². The highest BCUT2D eigenvalue weighted by Gasteiger charge is 2.31. The molecule has 4 heteroatoms. The van der Waals surface area contributed by atoms with Crippen molar-refractivity contribution in [2.45, 2.75) is 79.2 Å². The van der Waals surface area contributed by atoms with E-state index in [9.17, 15) is 9.59 Å². The van der Waals surface area contributed by atoms with Gasteiger partial charge in [-0.15, -0.1) is 0 Å². The van der Waals surface area contributed by atoms with Crippen LogP contribution in [-0.4, -0.2) is 29.9 Å². The van der Waals surface area contributed by atoms with E-state index in [4.69, 9.17) is 4.74 Å². The Morgan fingerprint density at radius 3 is 2.46 bits per heavy atom. The summed E-state index contributed by atoms with van der Waals surface area (Å²) in [5, 5.41) is 0. The molecule has 0 fully saturated rings. The summed E-state index contributed by atoms with van der Waals surface area (Å²) in [7, 11) is 1.80. The second-order valence-electron chi connectivity index (χ2n) is 8.39. The van der Waals surface area contributed by atoms with Crippen molar-refractivity contribution in [2.75, 3.05) is 7.05 Å². The van der Waals surface area contributed by atoms with Crippen molar-refractivity contribution in [2.24, 2.45) is 17.3 Å². The van der Waals surface area contributed by atoms with Crippen LogP contribution in [-0.2, 0) is 14.3 Å². The summed E-state index contributed by atoms with van der Waals surface area (Å²) in [5.74, 6) is 0.355. The molecule has 0 N–H and O–H groups in total. The fourth-order valence-electron chi connectivity index (χ4n) is 2.88. The molecule has 24 heavy (non-hydrogen) atoms. The third-order valence-corrected chi connectivity index (χ3v) is 4.82. The van der Waals surface area contributed by atoms with E-state index in [2.05, 4.69) is 27.7 Å². The van der Waals surface area contributed by atoms with Gasteiger partial charge in [-0.1, -0.05) is 47.1 Å². The minimum atomic E-state index is -0.124. The molecule has 0 aromatic heterocycles. The molecule has 0 saturated carbocycles. The molecule has 0 aromatic carbocycles. The lowest BCUT2D eigenvalue weighted by molar-refractivity contribution is -0.160. The first kappa shape index (κ1) is 20.7. The van der Waals surface area contributed by atoms with Crippen LogP contribution in [0.3, 0.4) is 0 Å². The average molecular weight is 338 g/mol. The quantitative estimate of drug-likeness (QED) is 0.610. The van der Waals surface area contributed by atoms with E-state index in [0.717, 1.165) is 32.1 Å². The van der Waals surface area contributed by atoms with Crippen molar-refractivity contribution in [1.29, 1.82) is 0 Å². The molecular weight excluding hydrogens is 302 g/mol. The third-order valence-electron chi connectivity index (χ3n) is 4.82. The molecular formula is C20H35NO3. The highest BCUT2D eigenvalue weighted by atomic mass is 16.5. The molecule has 0 unspecified atom stereocenters. The lowest BCUT2D eigenvalue weighted by atomic mass is 9.82. The van der Waals surface area contributed by atoms with E-state index in [-0.39, 0.29) is 29.3 Å². The molecule has 1 aliphatic heterocycles. The Labute approximate surface area is 147 Å². The second-order valence-corrected chi connectivity index (χ2v) is 8.39. The van der Waals surface area contributed by atoms with Crippen LogP contribution in [0.5, 0.6) is 0 Å². The van der Waals surface area contributed by atoms with Gasteiger partial charge in [0.05, 0.1) is 5.92 Å². The predicted octanol–water partition coefficient (Wildman–Crippen LogP) is 4.54. The molecule has 1 rings (SSSR count). The Kier molecular flexibility index (Phi) is 7.98. The van der Waals surface area contributed by atoms with E-state index < -0.39 is 0 Å². The van der Waals surface area contributed by atoms with Crippen molar-refractivity contribution in [3.63, 3.8) is 0 Å². The number of amides is 1. The fraction of sp³-hybridized carbons (Fsp3) is 0.800. The zero-order valence-corrected chi connectivity index (χ0v) is 16.3. The zero-order chi connectivity index (χ0) is 18.3. The number of carbonyl (C=O) groups excluding carboxylic acids is 2. The number of hydrogen-bond donors (Lipinski definition) is 0. The smallest absolute Gasteiger partial charge is 0.308 e. The number of nitrogens with zero attached hydrogens (tertiary/aromatic N) is 1. The maximum absolute atomic E-state index is 12.4. The number of rotatable bonds is 0. The van der Waals surface area contributed by atoms with Gasteiger partial charge in [0.1, 0.15) is 6.10 Å². The Bertz CT molecular complexity index is 450. The number of esters is 1. The van der Waals surface area contributed by atoms with Gasteiger partial charge in [0.25, 0.3) is 0 Å². The van der Waals surface area contributed by atoms with E-state index in [0.29, 0.717) is 12.3 Å². The molecule has 3 atom stereocenters. The van der Waals surface area contributed by atoms with Gasteiger partial charge in [-0.05, 0) is 37.0 Å². The molecule has 1 heterocycles. The molecule has 0 radical (unpaired) electrons. The van der Waals surface area contributed by atoms with Gasteiger partial charge in [0.2, 0.25) is 5.91 Å². The van der Waals surface area contributed by atoms with Gasteiger partial charge < -0.3 is 9.64 Å². The Hall–Kier alpha value is -1.32. The summed E-state index contributed by atoms with van der Waals surface area (Å²) in [6, 6.07) is 0. The number of cyclic esters (lactones) is 1. The summed E-state index contributed by atoms with van der Waals surface area (Å²) in [5.41, 5.74) is -0.0759. The third kappa shape index (κ3) is 7.06. The number of hydrogen-bond acceptors (Lipinski definition) is 3. The first-order chi connectivity index (χ1) is 11.1. The Morgan fingerprint density at radius 1 is 1.17 bits per heavy atom. The fourth-order valence-corrected chi connectivity index (χ4v) is 2.88. The molecule has 0 spiro atoms. The van der Waals surface area contributed by atoms with Gasteiger partial charge >= 0.3 is 5.97 Å². The van der Waals surface area contributed by atoms with Crippen molar-refractivity contribution in [3.8, 4) is 0 Å². The SMILES string of the molecule is C[C@H]1CCCC(=O)N(C)/C=C/CC[C@@H](C)C(=O)O[C@H](C(C)(C)C)C1. The average Bonchev–Trinajstić information content (AvgIpc) is 2.48. The maximum Gasteiger partial charge on any atom is 0.308 e. The van der Waals surface area contributed by atoms with Crippen LogP contribution in [0.4, 0.5) is 0 Å². The van der Waals surface area contributed by atoms with Gasteiger partial charge in [-0.25, -0.2) is 0 Å². The molecule has 0 aliphatic carbocycles. The molecule has 0 aromatic rings. The second kappa shape index (κ2) is 9.24. The number of allylic oxidation sites excluding steroid dienone is 1. The van der Waals surface area contributed by atoms with Gasteiger partial charge in [0.15, 0.2) is 0 Å². The minimum Gasteiger partial charge on any atom is -0.462 e. The summed E-state index contributed by atoms with van der Waals surface area (Å²) < 4.78 is 5.88. The van der Waals surface area contributed by atoms with Crippen LogP contribution in [0, 0.1) is 17.3 Å². The molecule has 138 valence electrons. The summed E-state index contributed by atoms with van der Waals surface area (Å²) in [6.07, 6.45) is 8.48. The van der Waals surface area contributed by atoms with Gasteiger partial charge in [0, 0.05) is 19.7 Å². The van der Waals surface area contributed by atoms with Crippen molar-refractivity contribution in [1.82, 2.24) is 4.90 Å². The van der Waals surface area contributed by atoms with E-state index in [1.165, 1.54) is 0 Å². The van der Waals surface area contributed by atoms with Crippen molar-refractivity contribution >= 4 is 11.9 Å². The van der Waals surface area contributed by atoms with Crippen LogP contribution in [0.25, 0.3) is 0 Å². The molecule has 0 bridgehead atoms. The standard InChI is InChI=1S/C20H35NO3/c1-15-10-9-12-18(22)21(6)13-8-7-11-16(2)19(23)24-17(14-15)20(3,4)5/h8,13,15-17H,7,9-12,14H2,1-6H3/b13-8+/t15-,16+,17-/m0/s1. The molecule has 4 nitrogen and oxygen atoms in total. The number of ether oxygens (including phenoxy) is 1. The zero-order valence-electron chi connectivity index (χ0n) is 16.3. The van der Waals surface area contributed by atoms with Crippen LogP contribution >= 0.6 is 0 Å². The van der Waals surface area contributed by atoms with Crippen LogP contribution in [0.2, 0.25) is 0 Å². The van der Waals surface area contributed by atoms with Crippen LogP contribution in [0.1, 0.15) is 73.1 Å². The minimum absolute atomic E-state index is 0.0759. The van der Waals surface area contributed by atoms with E-state index in [1.807, 2.05) is 19.2 Å². The Morgan fingerprint density at radius 2 is 1.83 bits per heavy atom. The largest absolute Gasteiger partial charge is 0.462 e. The normalized spacial score (nSPS) is 30.2. The summed E-state index contributed by atoms with van der Waals surface area (Å²) in [4.78, 5) is 26.2. The molecule has 0 saturated heterocycles. The van der Waals surface area contributed by atoms with Gasteiger partial charge in [-0.2, -0.15) is 0 Å². The van der Waals surface area contributed by atoms with Crippen molar-refractivity contribution < 1.29 is 14.3 Å². The highest BCUT2D eigenvalue weighted by Crippen LogP contribution is 2.30. The summed E-state index contributed by atoms with van der Waals surface area (Å²) in [6.45, 7) is 10.5. The lowest BCUT2D eigenvalue weighted by Gasteiger charge is -2.33. The highest BCUT2D eigenvalue weighted by molar-refractivity contribution is 5.76. The van der Waals surface area contributed by atoms with E-state index in [1.54, 1.807) is 11.9 Å². The Balaban J connectivity index is 2.86. The first-order valence-corrected chi connectivity index (χ1v) is 9.24. The number of carbonyl (C=O) groups is 2. The molecule has 1 aliphatic rings. The monoisotopic (exact) mass is 337 g/mol. The summed E-state index contributed by atoms with van der Waals surface area (Å²) >= 11 is 0. The van der Waals surface area contributed by atoms with Gasteiger partial charge in [-0.3, -0.25) is 9.59 Å². The topological polar surface area (TPSA) is 46.6 Å². The predicted molar refractivity (Wildman–Crippen MR) is 97.3 cm³/mol.